The van der Waals surface area contributed by atoms with Gasteiger partial charge in [0.25, 0.3) is 0 Å². The first kappa shape index (κ1) is 24.4. The molecule has 0 unspecified atom stereocenters. The zero-order chi connectivity index (χ0) is 24.2. The lowest BCUT2D eigenvalue weighted by Crippen LogP contribution is -2.19. The molecule has 8 nitrogen and oxygen atoms in total. The summed E-state index contributed by atoms with van der Waals surface area (Å²) in [7, 11) is 0. The fourth-order valence-corrected chi connectivity index (χ4v) is 7.02. The van der Waals surface area contributed by atoms with Gasteiger partial charge in [0.1, 0.15) is 10.0 Å². The van der Waals surface area contributed by atoms with Crippen LogP contribution in [0.25, 0.3) is 0 Å². The smallest absolute Gasteiger partial charge is 0.341 e. The maximum Gasteiger partial charge on any atom is 0.341 e. The van der Waals surface area contributed by atoms with Gasteiger partial charge in [0.05, 0.1) is 24.3 Å². The van der Waals surface area contributed by atoms with Crippen molar-refractivity contribution >= 4 is 56.4 Å². The summed E-state index contributed by atoms with van der Waals surface area (Å²) in [6, 6.07) is 0. The minimum atomic E-state index is -0.424. The Labute approximate surface area is 206 Å². The predicted molar refractivity (Wildman–Crippen MR) is 131 cm³/mol. The van der Waals surface area contributed by atoms with Crippen molar-refractivity contribution in [2.75, 3.05) is 23.8 Å². The summed E-state index contributed by atoms with van der Waals surface area (Å²) in [4.78, 5) is 52.3. The summed E-state index contributed by atoms with van der Waals surface area (Å²) in [5.74, 6) is -1.54. The molecule has 2 aromatic rings. The molecule has 4 rings (SSSR count). The van der Waals surface area contributed by atoms with Crippen LogP contribution in [0.5, 0.6) is 0 Å². The lowest BCUT2D eigenvalue weighted by Gasteiger charge is -2.09. The molecule has 0 saturated carbocycles. The number of nitrogens with one attached hydrogen (secondary N) is 2. The van der Waals surface area contributed by atoms with E-state index in [-0.39, 0.29) is 37.9 Å². The van der Waals surface area contributed by atoms with Crippen molar-refractivity contribution in [3.05, 3.63) is 32.0 Å². The number of rotatable bonds is 9. The minimum Gasteiger partial charge on any atom is -0.462 e. The zero-order valence-electron chi connectivity index (χ0n) is 19.3. The highest BCUT2D eigenvalue weighted by molar-refractivity contribution is 7.17. The molecule has 0 saturated heterocycles. The van der Waals surface area contributed by atoms with Gasteiger partial charge in [-0.05, 0) is 63.5 Å². The number of aryl methyl sites for hydroxylation is 2. The number of anilines is 2. The molecule has 0 aliphatic heterocycles. The van der Waals surface area contributed by atoms with Crippen molar-refractivity contribution in [3.8, 4) is 0 Å². The average molecular weight is 505 g/mol. The molecule has 2 amide bonds. The molecule has 182 valence electrons. The van der Waals surface area contributed by atoms with Crippen LogP contribution in [0.1, 0.15) is 81.1 Å². The molecule has 10 heteroatoms. The second-order valence-corrected chi connectivity index (χ2v) is 10.4. The monoisotopic (exact) mass is 504 g/mol. The van der Waals surface area contributed by atoms with Gasteiger partial charge in [0.2, 0.25) is 11.8 Å². The number of carbonyl (C=O) groups is 4. The Bertz CT molecular complexity index is 1040. The van der Waals surface area contributed by atoms with Gasteiger partial charge in [-0.25, -0.2) is 9.59 Å². The molecule has 0 radical (unpaired) electrons. The summed E-state index contributed by atoms with van der Waals surface area (Å²) in [5.41, 5.74) is 2.83. The molecule has 2 heterocycles. The first-order chi connectivity index (χ1) is 16.4. The highest BCUT2D eigenvalue weighted by Crippen LogP contribution is 2.40. The number of ether oxygens (including phenoxy) is 2. The first-order valence-electron chi connectivity index (χ1n) is 11.7. The zero-order valence-corrected chi connectivity index (χ0v) is 21.0. The molecule has 0 bridgehead atoms. The molecular weight excluding hydrogens is 476 g/mol. The number of hydrogen-bond acceptors (Lipinski definition) is 8. The largest absolute Gasteiger partial charge is 0.462 e. The van der Waals surface area contributed by atoms with Crippen LogP contribution in [0, 0.1) is 0 Å². The molecule has 0 spiro atoms. The standard InChI is InChI=1S/C24H28N2O6S2/c1-3-31-23(29)19-13-7-5-9-15(13)33-21(19)25-17(27)11-12-18(28)26-22-20(24(30)32-4-2)14-8-6-10-16(14)34-22/h3-12H2,1-2H3,(H,25,27)(H,26,28). The number of hydrogen-bond donors (Lipinski definition) is 2. The van der Waals surface area contributed by atoms with E-state index in [2.05, 4.69) is 10.6 Å². The third-order valence-corrected chi connectivity index (χ3v) is 8.30. The normalized spacial score (nSPS) is 13.8. The predicted octanol–water partition coefficient (Wildman–Crippen LogP) is 4.50. The maximum absolute atomic E-state index is 12.6. The molecule has 0 aromatic carbocycles. The van der Waals surface area contributed by atoms with E-state index in [1.165, 1.54) is 22.7 Å². The van der Waals surface area contributed by atoms with Gasteiger partial charge < -0.3 is 20.1 Å². The van der Waals surface area contributed by atoms with Gasteiger partial charge in [-0.2, -0.15) is 0 Å². The van der Waals surface area contributed by atoms with Gasteiger partial charge in [-0.1, -0.05) is 0 Å². The molecule has 2 aliphatic carbocycles. The summed E-state index contributed by atoms with van der Waals surface area (Å²) >= 11 is 2.82. The van der Waals surface area contributed by atoms with Gasteiger partial charge in [-0.3, -0.25) is 9.59 Å². The van der Waals surface area contributed by atoms with Crippen molar-refractivity contribution in [1.29, 1.82) is 0 Å². The summed E-state index contributed by atoms with van der Waals surface area (Å²) in [6.07, 6.45) is 5.25. The Balaban J connectivity index is 1.38. The SMILES string of the molecule is CCOC(=O)c1c(NC(=O)CCC(=O)Nc2sc3c(c2C(=O)OCC)CCC3)sc2c1CCC2. The minimum absolute atomic E-state index is 0.0451. The fraction of sp³-hybridized carbons (Fsp3) is 0.500. The van der Waals surface area contributed by atoms with E-state index in [9.17, 15) is 19.2 Å². The highest BCUT2D eigenvalue weighted by atomic mass is 32.1. The lowest BCUT2D eigenvalue weighted by atomic mass is 10.1. The quantitative estimate of drug-likeness (QED) is 0.487. The molecule has 2 N–H and O–H groups in total. The molecule has 0 atom stereocenters. The van der Waals surface area contributed by atoms with Crippen molar-refractivity contribution in [2.24, 2.45) is 0 Å². The van der Waals surface area contributed by atoms with Crippen LogP contribution in [-0.4, -0.2) is 37.0 Å². The number of thiophene rings is 2. The molecule has 34 heavy (non-hydrogen) atoms. The Morgan fingerprint density at radius 1 is 0.706 bits per heavy atom. The van der Waals surface area contributed by atoms with Gasteiger partial charge >= 0.3 is 11.9 Å². The Kier molecular flexibility index (Phi) is 7.67. The maximum atomic E-state index is 12.6. The van der Waals surface area contributed by atoms with Gasteiger partial charge in [0, 0.05) is 22.6 Å². The van der Waals surface area contributed by atoms with E-state index < -0.39 is 11.9 Å². The lowest BCUT2D eigenvalue weighted by molar-refractivity contribution is -0.121. The van der Waals surface area contributed by atoms with Crippen molar-refractivity contribution in [2.45, 2.75) is 65.2 Å². The molecule has 2 aromatic heterocycles. The van der Waals surface area contributed by atoms with Crippen LogP contribution < -0.4 is 10.6 Å². The van der Waals surface area contributed by atoms with E-state index in [1.54, 1.807) is 13.8 Å². The van der Waals surface area contributed by atoms with Gasteiger partial charge in [-0.15, -0.1) is 22.7 Å². The topological polar surface area (TPSA) is 111 Å². The number of carbonyl (C=O) groups excluding carboxylic acids is 4. The van der Waals surface area contributed by atoms with Crippen molar-refractivity contribution < 1.29 is 28.7 Å². The van der Waals surface area contributed by atoms with Crippen LogP contribution in [0.15, 0.2) is 0 Å². The van der Waals surface area contributed by atoms with Crippen LogP contribution in [-0.2, 0) is 44.7 Å². The van der Waals surface area contributed by atoms with E-state index in [4.69, 9.17) is 9.47 Å². The third-order valence-electron chi connectivity index (χ3n) is 5.89. The Morgan fingerprint density at radius 2 is 1.12 bits per heavy atom. The van der Waals surface area contributed by atoms with Crippen molar-refractivity contribution in [3.63, 3.8) is 0 Å². The van der Waals surface area contributed by atoms with Gasteiger partial charge in [0.15, 0.2) is 0 Å². The Morgan fingerprint density at radius 3 is 1.50 bits per heavy atom. The number of amides is 2. The van der Waals surface area contributed by atoms with E-state index in [1.807, 2.05) is 0 Å². The van der Waals surface area contributed by atoms with E-state index >= 15 is 0 Å². The Hall–Kier alpha value is -2.72. The summed E-state index contributed by atoms with van der Waals surface area (Å²) < 4.78 is 10.4. The second kappa shape index (κ2) is 10.7. The van der Waals surface area contributed by atoms with Crippen LogP contribution >= 0.6 is 22.7 Å². The molecule has 2 aliphatic rings. The van der Waals surface area contributed by atoms with Crippen LogP contribution in [0.3, 0.4) is 0 Å². The number of esters is 2. The third kappa shape index (κ3) is 5.02. The second-order valence-electron chi connectivity index (χ2n) is 8.16. The summed E-state index contributed by atoms with van der Waals surface area (Å²) in [6.45, 7) is 4.02. The highest BCUT2D eigenvalue weighted by Gasteiger charge is 2.30. The van der Waals surface area contributed by atoms with Crippen LogP contribution in [0.4, 0.5) is 10.0 Å². The van der Waals surface area contributed by atoms with E-state index in [0.717, 1.165) is 59.4 Å². The molecule has 0 fully saturated rings. The fourth-order valence-electron chi connectivity index (χ4n) is 4.43. The summed E-state index contributed by atoms with van der Waals surface area (Å²) in [5, 5.41) is 6.59. The first-order valence-corrected chi connectivity index (χ1v) is 13.3. The average Bonchev–Trinajstić information content (AvgIpc) is 3.53. The van der Waals surface area contributed by atoms with Crippen LogP contribution in [0.2, 0.25) is 0 Å². The van der Waals surface area contributed by atoms with Crippen molar-refractivity contribution in [1.82, 2.24) is 0 Å². The number of fused-ring (bicyclic) bond motifs is 2. The molecular formula is C24H28N2O6S2. The van der Waals surface area contributed by atoms with E-state index in [0.29, 0.717) is 21.1 Å².